The van der Waals surface area contributed by atoms with Gasteiger partial charge in [-0.25, -0.2) is 18.5 Å². The maximum absolute atomic E-state index is 12.0. The van der Waals surface area contributed by atoms with Crippen LogP contribution < -0.4 is 16.6 Å². The summed E-state index contributed by atoms with van der Waals surface area (Å²) in [5, 5.41) is 6.11. The highest BCUT2D eigenvalue weighted by molar-refractivity contribution is 7.89. The van der Waals surface area contributed by atoms with Gasteiger partial charge in [0.15, 0.2) is 10.0 Å². The molecule has 3 aliphatic rings. The Balaban J connectivity index is 1.66. The minimum atomic E-state index is -3.88. The predicted molar refractivity (Wildman–Crippen MR) is 69.7 cm³/mol. The number of hydrogen-bond donors (Lipinski definition) is 3. The molecule has 0 aromatic carbocycles. The fourth-order valence-electron chi connectivity index (χ4n) is 2.91. The Bertz CT molecular complexity index is 663. The van der Waals surface area contributed by atoms with Crippen LogP contribution in [0, 0.1) is 5.41 Å². The fourth-order valence-corrected chi connectivity index (χ4v) is 4.48. The Morgan fingerprint density at radius 3 is 2.50 bits per heavy atom. The molecule has 1 aromatic rings. The zero-order valence-electron chi connectivity index (χ0n) is 10.4. The SMILES string of the molecule is NC(OC(=O)C12CC(N)(C1)C2)c1nc(S(N)(=O)=O)cs1. The molecular weight excluding hydrogens is 304 g/mol. The van der Waals surface area contributed by atoms with E-state index in [2.05, 4.69) is 4.98 Å². The van der Waals surface area contributed by atoms with Crippen molar-refractivity contribution >= 4 is 27.3 Å². The summed E-state index contributed by atoms with van der Waals surface area (Å²) in [6.07, 6.45) is 0.759. The van der Waals surface area contributed by atoms with Crippen LogP contribution in [0.2, 0.25) is 0 Å². The number of nitrogens with zero attached hydrogens (tertiary/aromatic N) is 1. The van der Waals surface area contributed by atoms with E-state index in [0.717, 1.165) is 11.3 Å². The van der Waals surface area contributed by atoms with Gasteiger partial charge in [0.2, 0.25) is 6.23 Å². The second-order valence-corrected chi connectivity index (χ2v) is 7.97. The number of hydrogen-bond acceptors (Lipinski definition) is 8. The molecular formula is C10H14N4O4S2. The van der Waals surface area contributed by atoms with E-state index < -0.39 is 27.6 Å². The Morgan fingerprint density at radius 1 is 1.45 bits per heavy atom. The molecule has 8 nitrogen and oxygen atoms in total. The molecule has 20 heavy (non-hydrogen) atoms. The average Bonchev–Trinajstić information content (AvgIpc) is 2.71. The number of carbonyl (C=O) groups is 1. The van der Waals surface area contributed by atoms with Crippen molar-refractivity contribution in [1.29, 1.82) is 0 Å². The van der Waals surface area contributed by atoms with E-state index in [1.54, 1.807) is 0 Å². The van der Waals surface area contributed by atoms with Crippen LogP contribution >= 0.6 is 11.3 Å². The van der Waals surface area contributed by atoms with E-state index in [9.17, 15) is 13.2 Å². The average molecular weight is 318 g/mol. The molecule has 3 saturated carbocycles. The zero-order valence-corrected chi connectivity index (χ0v) is 12.0. The lowest BCUT2D eigenvalue weighted by Crippen LogP contribution is -2.75. The second-order valence-electron chi connectivity index (χ2n) is 5.57. The van der Waals surface area contributed by atoms with Gasteiger partial charge >= 0.3 is 5.97 Å². The van der Waals surface area contributed by atoms with Crippen LogP contribution in [0.3, 0.4) is 0 Å². The molecule has 3 aliphatic carbocycles. The van der Waals surface area contributed by atoms with Crippen molar-refractivity contribution in [1.82, 2.24) is 4.98 Å². The van der Waals surface area contributed by atoms with Gasteiger partial charge in [0.1, 0.15) is 0 Å². The minimum Gasteiger partial charge on any atom is -0.439 e. The summed E-state index contributed by atoms with van der Waals surface area (Å²) in [7, 11) is -3.88. The first kappa shape index (κ1) is 13.9. The molecule has 110 valence electrons. The summed E-state index contributed by atoms with van der Waals surface area (Å²) >= 11 is 0.978. The van der Waals surface area contributed by atoms with Crippen molar-refractivity contribution in [3.05, 3.63) is 10.4 Å². The number of aromatic nitrogens is 1. The summed E-state index contributed by atoms with van der Waals surface area (Å²) in [6.45, 7) is 0. The van der Waals surface area contributed by atoms with Crippen LogP contribution in [0.25, 0.3) is 0 Å². The third-order valence-corrected chi connectivity index (χ3v) is 5.62. The molecule has 0 spiro atoms. The van der Waals surface area contributed by atoms with Crippen molar-refractivity contribution in [2.45, 2.75) is 36.1 Å². The number of esters is 1. The quantitative estimate of drug-likeness (QED) is 0.484. The Morgan fingerprint density at radius 2 is 2.05 bits per heavy atom. The lowest BCUT2D eigenvalue weighted by molar-refractivity contribution is -0.202. The van der Waals surface area contributed by atoms with E-state index in [-0.39, 0.29) is 15.6 Å². The number of primary sulfonamides is 1. The predicted octanol–water partition coefficient (Wildman–Crippen LogP) is -0.828. The van der Waals surface area contributed by atoms with Crippen molar-refractivity contribution in [2.75, 3.05) is 0 Å². The lowest BCUT2D eigenvalue weighted by atomic mass is 9.40. The van der Waals surface area contributed by atoms with Gasteiger partial charge in [0.25, 0.3) is 10.0 Å². The molecule has 0 saturated heterocycles. The van der Waals surface area contributed by atoms with E-state index in [1.165, 1.54) is 5.38 Å². The zero-order chi connectivity index (χ0) is 14.8. The normalized spacial score (nSPS) is 33.0. The standard InChI is InChI=1S/C10H14N4O4S2/c11-6(7-14-5(1-19-7)20(13,16)17)18-8(15)9-2-10(12,3-9)4-9/h1,6H,2-4,11-12H2,(H2,13,16,17). The largest absolute Gasteiger partial charge is 0.439 e. The number of thiazole rings is 1. The molecule has 0 aliphatic heterocycles. The number of sulfonamides is 1. The molecule has 1 unspecified atom stereocenters. The third-order valence-electron chi connectivity index (χ3n) is 3.77. The van der Waals surface area contributed by atoms with Crippen molar-refractivity contribution in [2.24, 2.45) is 22.0 Å². The van der Waals surface area contributed by atoms with Gasteiger partial charge in [0, 0.05) is 10.9 Å². The molecule has 0 radical (unpaired) electrons. The van der Waals surface area contributed by atoms with E-state index in [4.69, 9.17) is 21.3 Å². The molecule has 3 fully saturated rings. The lowest BCUT2D eigenvalue weighted by Gasteiger charge is -2.66. The number of carbonyl (C=O) groups excluding carboxylic acids is 1. The van der Waals surface area contributed by atoms with Crippen molar-refractivity contribution < 1.29 is 17.9 Å². The molecule has 1 aromatic heterocycles. The van der Waals surface area contributed by atoms with Crippen LogP contribution in [-0.4, -0.2) is 24.9 Å². The first-order chi connectivity index (χ1) is 9.14. The molecule has 1 atom stereocenters. The van der Waals surface area contributed by atoms with Crippen LogP contribution in [0.1, 0.15) is 30.5 Å². The Kier molecular flexibility index (Phi) is 2.77. The minimum absolute atomic E-state index is 0.191. The summed E-state index contributed by atoms with van der Waals surface area (Å²) in [4.78, 5) is 15.8. The molecule has 2 bridgehead atoms. The van der Waals surface area contributed by atoms with E-state index >= 15 is 0 Å². The van der Waals surface area contributed by atoms with Gasteiger partial charge in [-0.2, -0.15) is 0 Å². The maximum atomic E-state index is 12.0. The van der Waals surface area contributed by atoms with E-state index in [1.807, 2.05) is 0 Å². The van der Waals surface area contributed by atoms with Gasteiger partial charge in [-0.05, 0) is 19.3 Å². The van der Waals surface area contributed by atoms with Crippen molar-refractivity contribution in [3.8, 4) is 0 Å². The summed E-state index contributed by atoms with van der Waals surface area (Å²) in [6, 6.07) is 0. The van der Waals surface area contributed by atoms with Gasteiger partial charge in [-0.3, -0.25) is 10.5 Å². The first-order valence-corrected chi connectivity index (χ1v) is 8.30. The van der Waals surface area contributed by atoms with Crippen LogP contribution in [0.15, 0.2) is 10.4 Å². The molecule has 10 heteroatoms. The summed E-state index contributed by atoms with van der Waals surface area (Å²) < 4.78 is 27.4. The summed E-state index contributed by atoms with van der Waals surface area (Å²) in [5.74, 6) is -0.398. The first-order valence-electron chi connectivity index (χ1n) is 5.87. The Hall–Kier alpha value is -1.07. The van der Waals surface area contributed by atoms with Gasteiger partial charge in [-0.15, -0.1) is 11.3 Å². The molecule has 6 N–H and O–H groups in total. The molecule has 0 amide bonds. The smallest absolute Gasteiger partial charge is 0.314 e. The number of ether oxygens (including phenoxy) is 1. The van der Waals surface area contributed by atoms with Gasteiger partial charge in [0.05, 0.1) is 5.41 Å². The number of rotatable bonds is 4. The van der Waals surface area contributed by atoms with Gasteiger partial charge in [-0.1, -0.05) is 0 Å². The second kappa shape index (κ2) is 3.98. The Labute approximate surface area is 119 Å². The fraction of sp³-hybridized carbons (Fsp3) is 0.600. The highest BCUT2D eigenvalue weighted by Crippen LogP contribution is 2.66. The topological polar surface area (TPSA) is 151 Å². The van der Waals surface area contributed by atoms with Crippen LogP contribution in [-0.2, 0) is 19.6 Å². The highest BCUT2D eigenvalue weighted by Gasteiger charge is 2.71. The van der Waals surface area contributed by atoms with Gasteiger partial charge < -0.3 is 10.5 Å². The van der Waals surface area contributed by atoms with Crippen molar-refractivity contribution in [3.63, 3.8) is 0 Å². The number of nitrogens with two attached hydrogens (primary N) is 3. The molecule has 4 rings (SSSR count). The highest BCUT2D eigenvalue weighted by atomic mass is 32.2. The van der Waals surface area contributed by atoms with E-state index in [0.29, 0.717) is 19.3 Å². The van der Waals surface area contributed by atoms with Crippen LogP contribution in [0.4, 0.5) is 0 Å². The maximum Gasteiger partial charge on any atom is 0.314 e. The summed E-state index contributed by atoms with van der Waals surface area (Å²) in [5.41, 5.74) is 10.9. The third kappa shape index (κ3) is 2.04. The van der Waals surface area contributed by atoms with Crippen LogP contribution in [0.5, 0.6) is 0 Å². The monoisotopic (exact) mass is 318 g/mol. The molecule has 1 heterocycles.